The molecule has 9 nitrogen and oxygen atoms in total. The lowest BCUT2D eigenvalue weighted by atomic mass is 10.2. The van der Waals surface area contributed by atoms with Crippen LogP contribution in [0.15, 0.2) is 29.4 Å². The van der Waals surface area contributed by atoms with Crippen LogP contribution in [0.1, 0.15) is 32.8 Å². The molecule has 1 fully saturated rings. The Kier molecular flexibility index (Phi) is 6.45. The minimum atomic E-state index is -2.03. The summed E-state index contributed by atoms with van der Waals surface area (Å²) in [6.07, 6.45) is -0.568. The molecule has 1 aromatic rings. The first kappa shape index (κ1) is 21.8. The number of oxime groups is 1. The van der Waals surface area contributed by atoms with Gasteiger partial charge in [-0.3, -0.25) is 15.0 Å². The van der Waals surface area contributed by atoms with Gasteiger partial charge in [0.1, 0.15) is 6.61 Å². The molecule has 1 unspecified atom stereocenters. The molecule has 1 N–H and O–H groups in total. The van der Waals surface area contributed by atoms with Crippen LogP contribution in [0.25, 0.3) is 0 Å². The lowest BCUT2D eigenvalue weighted by Crippen LogP contribution is -2.44. The molecule has 1 aromatic carbocycles. The van der Waals surface area contributed by atoms with Crippen LogP contribution in [-0.4, -0.2) is 47.9 Å². The van der Waals surface area contributed by atoms with Gasteiger partial charge in [-0.15, -0.1) is 0 Å². The Morgan fingerprint density at radius 2 is 1.96 bits per heavy atom. The number of nitro groups is 1. The second-order valence-electron chi connectivity index (χ2n) is 8.31. The van der Waals surface area contributed by atoms with E-state index in [0.717, 1.165) is 0 Å². The molecule has 1 aliphatic heterocycles. The van der Waals surface area contributed by atoms with Gasteiger partial charge in [-0.05, 0) is 35.8 Å². The first-order valence-electron chi connectivity index (χ1n) is 9.01. The molecule has 1 atom stereocenters. The highest BCUT2D eigenvalue weighted by Crippen LogP contribution is 2.38. The van der Waals surface area contributed by atoms with E-state index in [1.165, 1.54) is 29.2 Å². The van der Waals surface area contributed by atoms with Gasteiger partial charge in [-0.25, -0.2) is 4.79 Å². The third-order valence-electron chi connectivity index (χ3n) is 5.22. The van der Waals surface area contributed by atoms with Crippen molar-refractivity contribution in [2.24, 2.45) is 5.16 Å². The van der Waals surface area contributed by atoms with Crippen molar-refractivity contribution in [1.82, 2.24) is 4.90 Å². The molecule has 1 aliphatic rings. The third-order valence-corrected chi connectivity index (χ3v) is 9.76. The van der Waals surface area contributed by atoms with Gasteiger partial charge in [0.25, 0.3) is 5.69 Å². The van der Waals surface area contributed by atoms with Gasteiger partial charge in [0, 0.05) is 18.6 Å². The first-order chi connectivity index (χ1) is 12.9. The predicted molar refractivity (Wildman–Crippen MR) is 106 cm³/mol. The number of amides is 1. The summed E-state index contributed by atoms with van der Waals surface area (Å²) in [5, 5.41) is 23.2. The zero-order valence-corrected chi connectivity index (χ0v) is 17.8. The maximum atomic E-state index is 12.4. The number of ether oxygens (including phenoxy) is 1. The van der Waals surface area contributed by atoms with Gasteiger partial charge in [0.05, 0.1) is 17.6 Å². The minimum Gasteiger partial charge on any atom is -0.444 e. The highest BCUT2D eigenvalue weighted by molar-refractivity contribution is 6.74. The van der Waals surface area contributed by atoms with E-state index >= 15 is 0 Å². The summed E-state index contributed by atoms with van der Waals surface area (Å²) < 4.78 is 11.6. The van der Waals surface area contributed by atoms with Crippen molar-refractivity contribution < 1.29 is 24.1 Å². The summed E-state index contributed by atoms with van der Waals surface area (Å²) in [6.45, 7) is 10.9. The third kappa shape index (κ3) is 5.07. The van der Waals surface area contributed by atoms with E-state index < -0.39 is 19.3 Å². The van der Waals surface area contributed by atoms with Crippen molar-refractivity contribution in [2.75, 3.05) is 6.54 Å². The Morgan fingerprint density at radius 3 is 2.46 bits per heavy atom. The summed E-state index contributed by atoms with van der Waals surface area (Å²) >= 11 is 0. The number of nitro benzene ring substituents is 1. The zero-order valence-electron chi connectivity index (χ0n) is 16.8. The zero-order chi connectivity index (χ0) is 21.1. The molecule has 0 radical (unpaired) electrons. The summed E-state index contributed by atoms with van der Waals surface area (Å²) in [6, 6.07) is 5.75. The Labute approximate surface area is 165 Å². The number of rotatable bonds is 5. The highest BCUT2D eigenvalue weighted by Gasteiger charge is 2.43. The Balaban J connectivity index is 1.97. The van der Waals surface area contributed by atoms with Crippen molar-refractivity contribution in [3.05, 3.63) is 39.9 Å². The Morgan fingerprint density at radius 1 is 1.36 bits per heavy atom. The number of carbonyl (C=O) groups is 1. The van der Waals surface area contributed by atoms with Crippen LogP contribution in [0.3, 0.4) is 0 Å². The normalized spacial score (nSPS) is 19.1. The summed E-state index contributed by atoms with van der Waals surface area (Å²) in [5.74, 6) is 0.206. The Hall–Kier alpha value is -2.46. The average molecular weight is 410 g/mol. The monoisotopic (exact) mass is 409 g/mol. The Bertz CT molecular complexity index is 758. The molecule has 1 saturated heterocycles. The molecular weight excluding hydrogens is 382 g/mol. The molecule has 0 saturated carbocycles. The number of hydrogen-bond acceptors (Lipinski definition) is 7. The molecular formula is C18H27N3O6Si. The van der Waals surface area contributed by atoms with Gasteiger partial charge >= 0.3 is 6.09 Å². The molecule has 2 rings (SSSR count). The molecule has 10 heteroatoms. The van der Waals surface area contributed by atoms with Crippen LogP contribution in [0.4, 0.5) is 10.5 Å². The molecule has 1 amide bonds. The SMILES string of the molecule is CC(C)(C)[Si](C)(C)OC1CC(=NO)N(C(=O)OCc2ccc([N+](=O)[O-])cc2)C1. The summed E-state index contributed by atoms with van der Waals surface area (Å²) in [4.78, 5) is 23.9. The quantitative estimate of drug-likeness (QED) is 0.339. The molecule has 28 heavy (non-hydrogen) atoms. The first-order valence-corrected chi connectivity index (χ1v) is 11.9. The molecule has 0 bridgehead atoms. The number of hydrogen-bond donors (Lipinski definition) is 1. The molecule has 154 valence electrons. The number of benzene rings is 1. The van der Waals surface area contributed by atoms with Crippen LogP contribution in [0, 0.1) is 10.1 Å². The van der Waals surface area contributed by atoms with E-state index in [4.69, 9.17) is 9.16 Å². The van der Waals surface area contributed by atoms with Gasteiger partial charge in [0.2, 0.25) is 0 Å². The van der Waals surface area contributed by atoms with E-state index in [0.29, 0.717) is 12.0 Å². The average Bonchev–Trinajstić information content (AvgIpc) is 3.01. The van der Waals surface area contributed by atoms with E-state index in [1.807, 2.05) is 0 Å². The van der Waals surface area contributed by atoms with Crippen molar-refractivity contribution in [2.45, 2.75) is 58.0 Å². The molecule has 0 aliphatic carbocycles. The topological polar surface area (TPSA) is 114 Å². The molecule has 0 aromatic heterocycles. The molecule has 0 spiro atoms. The van der Waals surface area contributed by atoms with E-state index in [1.54, 1.807) is 0 Å². The van der Waals surface area contributed by atoms with Gasteiger partial charge in [0.15, 0.2) is 14.2 Å². The van der Waals surface area contributed by atoms with Crippen LogP contribution >= 0.6 is 0 Å². The van der Waals surface area contributed by atoms with E-state index in [-0.39, 0.29) is 35.8 Å². The van der Waals surface area contributed by atoms with Crippen LogP contribution in [0.5, 0.6) is 0 Å². The second-order valence-corrected chi connectivity index (χ2v) is 13.1. The lowest BCUT2D eigenvalue weighted by Gasteiger charge is -2.38. The van der Waals surface area contributed by atoms with Crippen molar-refractivity contribution >= 4 is 25.9 Å². The number of amidine groups is 1. The number of likely N-dealkylation sites (tertiary alicyclic amines) is 1. The fraction of sp³-hybridized carbons (Fsp3) is 0.556. The van der Waals surface area contributed by atoms with E-state index in [9.17, 15) is 20.1 Å². The van der Waals surface area contributed by atoms with E-state index in [2.05, 4.69) is 39.0 Å². The van der Waals surface area contributed by atoms with Crippen molar-refractivity contribution in [1.29, 1.82) is 0 Å². The standard InChI is InChI=1S/C18H27N3O6Si/c1-18(2,3)28(4,5)27-15-10-16(19-23)20(11-15)17(22)26-12-13-6-8-14(9-7-13)21(24)25/h6-9,15,23H,10-12H2,1-5H3. The number of carbonyl (C=O) groups excluding carboxylic acids is 1. The lowest BCUT2D eigenvalue weighted by molar-refractivity contribution is -0.384. The van der Waals surface area contributed by atoms with Crippen molar-refractivity contribution in [3.63, 3.8) is 0 Å². The summed E-state index contributed by atoms with van der Waals surface area (Å²) in [7, 11) is -2.03. The van der Waals surface area contributed by atoms with Crippen LogP contribution in [0.2, 0.25) is 18.1 Å². The number of non-ortho nitro benzene ring substituents is 1. The van der Waals surface area contributed by atoms with Crippen molar-refractivity contribution in [3.8, 4) is 0 Å². The molecule has 1 heterocycles. The van der Waals surface area contributed by atoms with Gasteiger partial charge < -0.3 is 14.4 Å². The fourth-order valence-corrected chi connectivity index (χ4v) is 3.92. The van der Waals surface area contributed by atoms with Gasteiger partial charge in [-0.1, -0.05) is 25.9 Å². The second kappa shape index (κ2) is 8.27. The van der Waals surface area contributed by atoms with Crippen LogP contribution < -0.4 is 0 Å². The maximum absolute atomic E-state index is 12.4. The maximum Gasteiger partial charge on any atom is 0.415 e. The fourth-order valence-electron chi connectivity index (χ4n) is 2.57. The minimum absolute atomic E-state index is 0.0212. The number of nitrogens with zero attached hydrogens (tertiary/aromatic N) is 3. The predicted octanol–water partition coefficient (Wildman–Crippen LogP) is 4.12. The largest absolute Gasteiger partial charge is 0.444 e. The summed E-state index contributed by atoms with van der Waals surface area (Å²) in [5.41, 5.74) is 0.588. The smallest absolute Gasteiger partial charge is 0.415 e. The van der Waals surface area contributed by atoms with Crippen LogP contribution in [-0.2, 0) is 15.8 Å². The highest BCUT2D eigenvalue weighted by atomic mass is 28.4. The van der Waals surface area contributed by atoms with Gasteiger partial charge in [-0.2, -0.15) is 0 Å².